The molecule has 0 fully saturated rings. The van der Waals surface area contributed by atoms with Crippen molar-refractivity contribution >= 4 is 21.6 Å². The van der Waals surface area contributed by atoms with Gasteiger partial charge in [0.2, 0.25) is 10.0 Å². The summed E-state index contributed by atoms with van der Waals surface area (Å²) in [5.41, 5.74) is 0. The van der Waals surface area contributed by atoms with E-state index >= 15 is 0 Å². The number of rotatable bonds is 7. The van der Waals surface area contributed by atoms with Crippen LogP contribution in [0.2, 0.25) is 5.02 Å². The van der Waals surface area contributed by atoms with E-state index in [1.54, 1.807) is 31.4 Å². The lowest BCUT2D eigenvalue weighted by Crippen LogP contribution is -2.31. The van der Waals surface area contributed by atoms with Crippen LogP contribution in [-0.2, 0) is 10.0 Å². The fourth-order valence-electron chi connectivity index (χ4n) is 1.94. The van der Waals surface area contributed by atoms with Crippen LogP contribution in [0, 0.1) is 5.82 Å². The fraction of sp³-hybridized carbons (Fsp3) is 0.250. The van der Waals surface area contributed by atoms with Crippen molar-refractivity contribution in [2.75, 3.05) is 27.3 Å². The zero-order chi connectivity index (χ0) is 17.7. The highest BCUT2D eigenvalue weighted by Gasteiger charge is 2.25. The summed E-state index contributed by atoms with van der Waals surface area (Å²) in [7, 11) is -1.07. The first kappa shape index (κ1) is 18.5. The van der Waals surface area contributed by atoms with Gasteiger partial charge in [0.1, 0.15) is 23.0 Å². The highest BCUT2D eigenvalue weighted by Crippen LogP contribution is 2.24. The van der Waals surface area contributed by atoms with Crippen molar-refractivity contribution in [2.45, 2.75) is 4.90 Å². The number of methoxy groups -OCH3 is 1. The van der Waals surface area contributed by atoms with E-state index < -0.39 is 20.7 Å². The second-order valence-electron chi connectivity index (χ2n) is 4.90. The van der Waals surface area contributed by atoms with Gasteiger partial charge in [0.05, 0.1) is 12.1 Å². The van der Waals surface area contributed by atoms with Crippen molar-refractivity contribution in [3.8, 4) is 11.5 Å². The maximum Gasteiger partial charge on any atom is 0.245 e. The molecule has 8 heteroatoms. The molecule has 5 nitrogen and oxygen atoms in total. The summed E-state index contributed by atoms with van der Waals surface area (Å²) in [6.45, 7) is 0.171. The molecule has 0 radical (unpaired) electrons. The van der Waals surface area contributed by atoms with Gasteiger partial charge in [-0.25, -0.2) is 12.8 Å². The summed E-state index contributed by atoms with van der Waals surface area (Å²) >= 11 is 5.64. The van der Waals surface area contributed by atoms with Crippen LogP contribution < -0.4 is 9.47 Å². The van der Waals surface area contributed by atoms with Gasteiger partial charge in [-0.3, -0.25) is 0 Å². The van der Waals surface area contributed by atoms with Gasteiger partial charge in [0.25, 0.3) is 0 Å². The summed E-state index contributed by atoms with van der Waals surface area (Å²) in [6.07, 6.45) is 0. The van der Waals surface area contributed by atoms with Gasteiger partial charge in [-0.1, -0.05) is 17.7 Å². The van der Waals surface area contributed by atoms with E-state index in [0.29, 0.717) is 11.5 Å². The van der Waals surface area contributed by atoms with Crippen molar-refractivity contribution in [1.29, 1.82) is 0 Å². The molecule has 0 N–H and O–H groups in total. The van der Waals surface area contributed by atoms with Crippen molar-refractivity contribution in [1.82, 2.24) is 4.31 Å². The largest absolute Gasteiger partial charge is 0.497 e. The highest BCUT2D eigenvalue weighted by molar-refractivity contribution is 7.89. The Morgan fingerprint density at radius 2 is 1.75 bits per heavy atom. The third kappa shape index (κ3) is 4.17. The summed E-state index contributed by atoms with van der Waals surface area (Å²) in [4.78, 5) is -0.457. The van der Waals surface area contributed by atoms with Crippen LogP contribution in [0.25, 0.3) is 0 Å². The van der Waals surface area contributed by atoms with Crippen LogP contribution in [0.1, 0.15) is 0 Å². The van der Waals surface area contributed by atoms with Gasteiger partial charge in [-0.2, -0.15) is 4.31 Å². The molecular formula is C16H17ClFNO4S. The molecule has 2 aromatic carbocycles. The normalized spacial score (nSPS) is 11.5. The molecule has 0 aliphatic carbocycles. The Hall–Kier alpha value is -1.83. The first-order chi connectivity index (χ1) is 11.4. The van der Waals surface area contributed by atoms with E-state index in [-0.39, 0.29) is 18.2 Å². The molecule has 0 saturated heterocycles. The van der Waals surface area contributed by atoms with E-state index in [1.807, 2.05) is 0 Å². The minimum atomic E-state index is -3.98. The summed E-state index contributed by atoms with van der Waals surface area (Å²) in [5, 5.41) is -0.237. The summed E-state index contributed by atoms with van der Waals surface area (Å²) < 4.78 is 50.2. The van der Waals surface area contributed by atoms with E-state index in [1.165, 1.54) is 25.2 Å². The standard InChI is InChI=1S/C16H17ClFNO4S/c1-19(10-11-23-13-8-6-12(22-2)7-9-13)24(20,21)15-5-3-4-14(17)16(15)18/h3-9H,10-11H2,1-2H3. The van der Waals surface area contributed by atoms with Gasteiger partial charge in [0.15, 0.2) is 5.82 Å². The summed E-state index contributed by atoms with van der Waals surface area (Å²) in [5.74, 6) is 0.316. The summed E-state index contributed by atoms with van der Waals surface area (Å²) in [6, 6.07) is 10.8. The third-order valence-corrected chi connectivity index (χ3v) is 5.50. The van der Waals surface area contributed by atoms with Crippen LogP contribution in [0.3, 0.4) is 0 Å². The number of ether oxygens (including phenoxy) is 2. The number of benzene rings is 2. The molecule has 0 unspecified atom stereocenters. The highest BCUT2D eigenvalue weighted by atomic mass is 35.5. The second kappa shape index (κ2) is 7.83. The lowest BCUT2D eigenvalue weighted by molar-refractivity contribution is 0.286. The Bertz CT molecular complexity index is 796. The predicted molar refractivity (Wildman–Crippen MR) is 89.7 cm³/mol. The minimum Gasteiger partial charge on any atom is -0.497 e. The molecule has 0 aliphatic heterocycles. The van der Waals surface area contributed by atoms with Gasteiger partial charge in [-0.15, -0.1) is 0 Å². The quantitative estimate of drug-likeness (QED) is 0.748. The molecule has 0 heterocycles. The van der Waals surface area contributed by atoms with E-state index in [9.17, 15) is 12.8 Å². The Morgan fingerprint density at radius 1 is 1.12 bits per heavy atom. The zero-order valence-electron chi connectivity index (χ0n) is 13.2. The zero-order valence-corrected chi connectivity index (χ0v) is 14.8. The topological polar surface area (TPSA) is 55.8 Å². The fourth-order valence-corrected chi connectivity index (χ4v) is 3.40. The van der Waals surface area contributed by atoms with Crippen LogP contribution >= 0.6 is 11.6 Å². The molecule has 130 valence electrons. The molecule has 0 amide bonds. The molecule has 0 spiro atoms. The lowest BCUT2D eigenvalue weighted by atomic mass is 10.3. The van der Waals surface area contributed by atoms with Crippen LogP contribution in [0.4, 0.5) is 4.39 Å². The SMILES string of the molecule is COc1ccc(OCCN(C)S(=O)(=O)c2cccc(Cl)c2F)cc1. The van der Waals surface area contributed by atoms with Gasteiger partial charge in [0, 0.05) is 13.6 Å². The smallest absolute Gasteiger partial charge is 0.245 e. The molecule has 24 heavy (non-hydrogen) atoms. The number of likely N-dealkylation sites (N-methyl/N-ethyl adjacent to an activating group) is 1. The molecule has 0 saturated carbocycles. The molecule has 0 aliphatic rings. The first-order valence-corrected chi connectivity index (χ1v) is 8.85. The van der Waals surface area contributed by atoms with Gasteiger partial charge < -0.3 is 9.47 Å². The molecule has 0 bridgehead atoms. The van der Waals surface area contributed by atoms with Crippen molar-refractivity contribution in [3.63, 3.8) is 0 Å². The molecule has 0 aromatic heterocycles. The van der Waals surface area contributed by atoms with E-state index in [4.69, 9.17) is 21.1 Å². The Balaban J connectivity index is 2.00. The average Bonchev–Trinajstić information content (AvgIpc) is 2.57. The van der Waals surface area contributed by atoms with Gasteiger partial charge in [-0.05, 0) is 36.4 Å². The average molecular weight is 374 g/mol. The Morgan fingerprint density at radius 3 is 2.38 bits per heavy atom. The van der Waals surface area contributed by atoms with Gasteiger partial charge >= 0.3 is 0 Å². The molecule has 2 aromatic rings. The van der Waals surface area contributed by atoms with Crippen LogP contribution in [0.15, 0.2) is 47.4 Å². The van der Waals surface area contributed by atoms with E-state index in [2.05, 4.69) is 0 Å². The third-order valence-electron chi connectivity index (χ3n) is 3.34. The number of halogens is 2. The first-order valence-electron chi connectivity index (χ1n) is 7.03. The van der Waals surface area contributed by atoms with Crippen molar-refractivity contribution in [2.24, 2.45) is 0 Å². The maximum absolute atomic E-state index is 13.9. The molecule has 0 atom stereocenters. The minimum absolute atomic E-state index is 0.0559. The Labute approximate surface area is 145 Å². The lowest BCUT2D eigenvalue weighted by Gasteiger charge is -2.18. The Kier molecular flexibility index (Phi) is 6.04. The number of hydrogen-bond donors (Lipinski definition) is 0. The number of sulfonamides is 1. The molecule has 2 rings (SSSR count). The van der Waals surface area contributed by atoms with Crippen LogP contribution in [-0.4, -0.2) is 40.0 Å². The van der Waals surface area contributed by atoms with Crippen LogP contribution in [0.5, 0.6) is 11.5 Å². The maximum atomic E-state index is 13.9. The predicted octanol–water partition coefficient (Wildman–Crippen LogP) is 3.19. The van der Waals surface area contributed by atoms with Crippen molar-refractivity contribution in [3.05, 3.63) is 53.3 Å². The number of nitrogens with zero attached hydrogens (tertiary/aromatic N) is 1. The van der Waals surface area contributed by atoms with E-state index in [0.717, 1.165) is 4.31 Å². The second-order valence-corrected chi connectivity index (χ2v) is 7.32. The monoisotopic (exact) mass is 373 g/mol. The molecular weight excluding hydrogens is 357 g/mol. The van der Waals surface area contributed by atoms with Crippen molar-refractivity contribution < 1.29 is 22.3 Å². The number of hydrogen-bond acceptors (Lipinski definition) is 4.